The first kappa shape index (κ1) is 15.6. The number of carbonyl (C=O) groups excluding carboxylic acids is 1. The van der Waals surface area contributed by atoms with Gasteiger partial charge in [0.05, 0.1) is 27.9 Å². The van der Waals surface area contributed by atoms with E-state index in [0.717, 1.165) is 0 Å². The summed E-state index contributed by atoms with van der Waals surface area (Å²) >= 11 is 11.7. The zero-order valence-electron chi connectivity index (χ0n) is 9.98. The lowest BCUT2D eigenvalue weighted by Gasteiger charge is -2.18. The first-order valence-corrected chi connectivity index (χ1v) is 5.97. The van der Waals surface area contributed by atoms with Crippen LogP contribution < -0.4 is 5.32 Å². The largest absolute Gasteiger partial charge is 0.478 e. The minimum atomic E-state index is -1.17. The van der Waals surface area contributed by atoms with Gasteiger partial charge in [0.15, 0.2) is 0 Å². The molecule has 0 saturated carbocycles. The number of aliphatic hydroxyl groups excluding tert-OH is 1. The Balaban J connectivity index is 2.96. The minimum absolute atomic E-state index is 0.0237. The Bertz CT molecular complexity index is 484. The average Bonchev–Trinajstić information content (AvgIpc) is 2.33. The third kappa shape index (κ3) is 3.99. The van der Waals surface area contributed by atoms with Crippen molar-refractivity contribution in [3.05, 3.63) is 27.7 Å². The molecule has 0 bridgehead atoms. The molecule has 0 unspecified atom stereocenters. The second-order valence-corrected chi connectivity index (χ2v) is 4.51. The number of carboxylic acids is 1. The molecule has 2 amide bonds. The van der Waals surface area contributed by atoms with Gasteiger partial charge in [0.1, 0.15) is 0 Å². The van der Waals surface area contributed by atoms with E-state index in [1.807, 2.05) is 0 Å². The third-order valence-corrected chi connectivity index (χ3v) is 2.90. The van der Waals surface area contributed by atoms with Crippen LogP contribution in [0.2, 0.25) is 10.0 Å². The third-order valence-electron chi connectivity index (χ3n) is 2.30. The number of hydrogen-bond donors (Lipinski definition) is 3. The molecule has 0 aliphatic heterocycles. The average molecular weight is 307 g/mol. The number of likely N-dealkylation sites (N-methyl/N-ethyl adjacent to an activating group) is 1. The molecule has 8 heteroatoms. The number of anilines is 1. The molecule has 0 aliphatic carbocycles. The highest BCUT2D eigenvalue weighted by atomic mass is 35.5. The second kappa shape index (κ2) is 6.60. The van der Waals surface area contributed by atoms with Gasteiger partial charge >= 0.3 is 12.0 Å². The van der Waals surface area contributed by atoms with Gasteiger partial charge in [-0.3, -0.25) is 0 Å². The number of halogens is 2. The summed E-state index contributed by atoms with van der Waals surface area (Å²) in [5.41, 5.74) is 0.0554. The number of nitrogens with zero attached hydrogens (tertiary/aromatic N) is 1. The smallest absolute Gasteiger partial charge is 0.335 e. The van der Waals surface area contributed by atoms with Crippen LogP contribution in [-0.4, -0.2) is 47.3 Å². The first-order valence-electron chi connectivity index (χ1n) is 5.22. The first-order chi connectivity index (χ1) is 8.86. The minimum Gasteiger partial charge on any atom is -0.478 e. The summed E-state index contributed by atoms with van der Waals surface area (Å²) in [6.45, 7) is -0.0301. The van der Waals surface area contributed by atoms with E-state index in [-0.39, 0.29) is 34.4 Å². The summed E-state index contributed by atoms with van der Waals surface area (Å²) in [4.78, 5) is 23.7. The summed E-state index contributed by atoms with van der Waals surface area (Å²) in [7, 11) is 1.49. The van der Waals surface area contributed by atoms with E-state index in [1.54, 1.807) is 0 Å². The molecular weight excluding hydrogens is 295 g/mol. The predicted molar refractivity (Wildman–Crippen MR) is 72.2 cm³/mol. The molecule has 0 spiro atoms. The Morgan fingerprint density at radius 1 is 1.32 bits per heavy atom. The van der Waals surface area contributed by atoms with Crippen molar-refractivity contribution in [2.45, 2.75) is 0 Å². The molecule has 0 fully saturated rings. The van der Waals surface area contributed by atoms with Gasteiger partial charge in [-0.2, -0.15) is 0 Å². The van der Waals surface area contributed by atoms with E-state index in [4.69, 9.17) is 33.4 Å². The van der Waals surface area contributed by atoms with Crippen LogP contribution in [0.15, 0.2) is 12.1 Å². The Kier molecular flexibility index (Phi) is 5.41. The van der Waals surface area contributed by atoms with Gasteiger partial charge < -0.3 is 20.4 Å². The van der Waals surface area contributed by atoms with Crippen molar-refractivity contribution < 1.29 is 19.8 Å². The molecule has 1 rings (SSSR count). The maximum atomic E-state index is 11.7. The van der Waals surface area contributed by atoms with Crippen LogP contribution in [0.25, 0.3) is 0 Å². The number of carboxylic acid groups (broad SMARTS) is 1. The van der Waals surface area contributed by atoms with Gasteiger partial charge in [0.2, 0.25) is 0 Å². The van der Waals surface area contributed by atoms with E-state index in [2.05, 4.69) is 5.32 Å². The summed E-state index contributed by atoms with van der Waals surface area (Å²) in [6, 6.07) is 1.87. The molecule has 1 aromatic carbocycles. The number of aromatic carboxylic acids is 1. The maximum absolute atomic E-state index is 11.7. The number of aliphatic hydroxyl groups is 1. The standard InChI is InChI=1S/C11H12Cl2N2O4/c1-15(2-3-16)11(19)14-9-7(12)4-6(10(17)18)5-8(9)13/h4-5,16H,2-3H2,1H3,(H,14,19)(H,17,18). The zero-order valence-corrected chi connectivity index (χ0v) is 11.5. The van der Waals surface area contributed by atoms with Crippen LogP contribution in [0.1, 0.15) is 10.4 Å². The Morgan fingerprint density at radius 2 is 1.84 bits per heavy atom. The van der Waals surface area contributed by atoms with E-state index < -0.39 is 12.0 Å². The lowest BCUT2D eigenvalue weighted by atomic mass is 10.2. The molecule has 0 atom stereocenters. The van der Waals surface area contributed by atoms with Crippen LogP contribution in [0.4, 0.5) is 10.5 Å². The van der Waals surface area contributed by atoms with Gasteiger partial charge in [-0.25, -0.2) is 9.59 Å². The number of hydrogen-bond acceptors (Lipinski definition) is 3. The fourth-order valence-electron chi connectivity index (χ4n) is 1.27. The summed E-state index contributed by atoms with van der Waals surface area (Å²) in [6.07, 6.45) is 0. The van der Waals surface area contributed by atoms with Crippen molar-refractivity contribution in [1.82, 2.24) is 4.90 Å². The van der Waals surface area contributed by atoms with Gasteiger partial charge in [0, 0.05) is 13.6 Å². The van der Waals surface area contributed by atoms with Crippen LogP contribution in [0, 0.1) is 0 Å². The van der Waals surface area contributed by atoms with E-state index >= 15 is 0 Å². The second-order valence-electron chi connectivity index (χ2n) is 3.70. The topological polar surface area (TPSA) is 89.9 Å². The Labute approximate surface area is 119 Å². The SMILES string of the molecule is CN(CCO)C(=O)Nc1c(Cl)cc(C(=O)O)cc1Cl. The molecule has 0 aromatic heterocycles. The van der Waals surface area contributed by atoms with Crippen LogP contribution >= 0.6 is 23.2 Å². The van der Waals surface area contributed by atoms with Crippen molar-refractivity contribution >= 4 is 40.9 Å². The molecule has 0 radical (unpaired) electrons. The van der Waals surface area contributed by atoms with Crippen LogP contribution in [0.5, 0.6) is 0 Å². The molecule has 104 valence electrons. The molecule has 0 aliphatic rings. The fraction of sp³-hybridized carbons (Fsp3) is 0.273. The number of nitrogens with one attached hydrogen (secondary N) is 1. The molecular formula is C11H12Cl2N2O4. The molecule has 1 aromatic rings. The highest BCUT2D eigenvalue weighted by Gasteiger charge is 2.16. The number of urea groups is 1. The molecule has 6 nitrogen and oxygen atoms in total. The molecule has 0 heterocycles. The quantitative estimate of drug-likeness (QED) is 0.795. The highest BCUT2D eigenvalue weighted by Crippen LogP contribution is 2.32. The fourth-order valence-corrected chi connectivity index (χ4v) is 1.85. The van der Waals surface area contributed by atoms with Crippen molar-refractivity contribution in [2.75, 3.05) is 25.5 Å². The molecule has 3 N–H and O–H groups in total. The lowest BCUT2D eigenvalue weighted by molar-refractivity contribution is 0.0697. The summed E-state index contributed by atoms with van der Waals surface area (Å²) < 4.78 is 0. The number of rotatable bonds is 4. The van der Waals surface area contributed by atoms with Crippen molar-refractivity contribution in [3.8, 4) is 0 Å². The maximum Gasteiger partial charge on any atom is 0.335 e. The van der Waals surface area contributed by atoms with Gasteiger partial charge in [0.25, 0.3) is 0 Å². The monoisotopic (exact) mass is 306 g/mol. The number of benzene rings is 1. The molecule has 19 heavy (non-hydrogen) atoms. The van der Waals surface area contributed by atoms with Crippen molar-refractivity contribution in [3.63, 3.8) is 0 Å². The van der Waals surface area contributed by atoms with Gasteiger partial charge in [-0.1, -0.05) is 23.2 Å². The normalized spacial score (nSPS) is 10.1. The van der Waals surface area contributed by atoms with E-state index in [1.165, 1.54) is 24.1 Å². The summed E-state index contributed by atoms with van der Waals surface area (Å²) in [5.74, 6) is -1.17. The van der Waals surface area contributed by atoms with Crippen molar-refractivity contribution in [2.24, 2.45) is 0 Å². The number of carbonyl (C=O) groups is 2. The van der Waals surface area contributed by atoms with Crippen LogP contribution in [-0.2, 0) is 0 Å². The van der Waals surface area contributed by atoms with Crippen LogP contribution in [0.3, 0.4) is 0 Å². The Morgan fingerprint density at radius 3 is 2.26 bits per heavy atom. The number of amides is 2. The summed E-state index contributed by atoms with van der Waals surface area (Å²) in [5, 5.41) is 20.0. The van der Waals surface area contributed by atoms with Gasteiger partial charge in [-0.15, -0.1) is 0 Å². The van der Waals surface area contributed by atoms with Crippen molar-refractivity contribution in [1.29, 1.82) is 0 Å². The Hall–Kier alpha value is -1.50. The zero-order chi connectivity index (χ0) is 14.6. The van der Waals surface area contributed by atoms with Gasteiger partial charge in [-0.05, 0) is 12.1 Å². The van der Waals surface area contributed by atoms with E-state index in [0.29, 0.717) is 0 Å². The van der Waals surface area contributed by atoms with E-state index in [9.17, 15) is 9.59 Å². The lowest BCUT2D eigenvalue weighted by Crippen LogP contribution is -2.33. The highest BCUT2D eigenvalue weighted by molar-refractivity contribution is 6.40. The predicted octanol–water partition coefficient (Wildman–Crippen LogP) is 2.15. The molecule has 0 saturated heterocycles.